The maximum Gasteiger partial charge on any atom is 0.387 e. The highest BCUT2D eigenvalue weighted by Crippen LogP contribution is 2.21. The molecular weight excluding hydrogens is 356 g/mol. The predicted octanol–water partition coefficient (Wildman–Crippen LogP) is 1.98. The van der Waals surface area contributed by atoms with Crippen molar-refractivity contribution in [2.75, 3.05) is 13.1 Å². The van der Waals surface area contributed by atoms with Crippen LogP contribution in [-0.2, 0) is 19.2 Å². The summed E-state index contributed by atoms with van der Waals surface area (Å²) >= 11 is 0. The van der Waals surface area contributed by atoms with E-state index in [9.17, 15) is 13.9 Å². The van der Waals surface area contributed by atoms with E-state index in [1.54, 1.807) is 49.2 Å². The van der Waals surface area contributed by atoms with Gasteiger partial charge in [-0.3, -0.25) is 4.68 Å². The van der Waals surface area contributed by atoms with Gasteiger partial charge in [0.25, 0.3) is 0 Å². The highest BCUT2D eigenvalue weighted by molar-refractivity contribution is 5.79. The number of rotatable bonds is 8. The van der Waals surface area contributed by atoms with E-state index in [4.69, 9.17) is 0 Å². The first kappa shape index (κ1) is 20.6. The molecule has 0 amide bonds. The number of hydrogen-bond acceptors (Lipinski definition) is 4. The first-order valence-corrected chi connectivity index (χ1v) is 8.58. The second-order valence-corrected chi connectivity index (χ2v) is 6.21. The largest absolute Gasteiger partial charge is 0.434 e. The highest BCUT2D eigenvalue weighted by atomic mass is 19.3. The number of halogens is 2. The Hall–Kier alpha value is -2.68. The smallest absolute Gasteiger partial charge is 0.387 e. The Morgan fingerprint density at radius 2 is 2.11 bits per heavy atom. The summed E-state index contributed by atoms with van der Waals surface area (Å²) in [6.45, 7) is 1.63. The third-order valence-electron chi connectivity index (χ3n) is 3.87. The maximum absolute atomic E-state index is 12.5. The van der Waals surface area contributed by atoms with Crippen LogP contribution in [0, 0.1) is 0 Å². The second-order valence-electron chi connectivity index (χ2n) is 6.21. The number of aryl methyl sites for hydroxylation is 1. The number of alkyl halides is 2. The number of hydrogen-bond donors (Lipinski definition) is 3. The zero-order chi connectivity index (χ0) is 19.9. The molecular formula is C18H25F2N5O2. The summed E-state index contributed by atoms with van der Waals surface area (Å²) in [6.07, 6.45) is 3.34. The molecule has 0 aliphatic heterocycles. The molecule has 1 aromatic carbocycles. The highest BCUT2D eigenvalue weighted by Gasteiger charge is 2.25. The van der Waals surface area contributed by atoms with E-state index in [-0.39, 0.29) is 18.8 Å². The molecule has 0 bridgehead atoms. The molecule has 0 spiro atoms. The molecule has 0 aliphatic rings. The number of aromatic nitrogens is 2. The van der Waals surface area contributed by atoms with Gasteiger partial charge >= 0.3 is 6.61 Å². The predicted molar refractivity (Wildman–Crippen MR) is 98.7 cm³/mol. The minimum atomic E-state index is -2.89. The molecule has 0 aliphatic carbocycles. The van der Waals surface area contributed by atoms with Gasteiger partial charge < -0.3 is 20.5 Å². The number of nitrogens with zero attached hydrogens (tertiary/aromatic N) is 3. The molecule has 1 unspecified atom stereocenters. The first-order valence-electron chi connectivity index (χ1n) is 8.58. The van der Waals surface area contributed by atoms with Crippen LogP contribution in [0.25, 0.3) is 0 Å². The van der Waals surface area contributed by atoms with Crippen molar-refractivity contribution in [3.05, 3.63) is 47.8 Å². The van der Waals surface area contributed by atoms with Gasteiger partial charge in [-0.25, -0.2) is 4.99 Å². The minimum Gasteiger partial charge on any atom is -0.434 e. The van der Waals surface area contributed by atoms with Crippen LogP contribution in [0.5, 0.6) is 5.75 Å². The number of aliphatic imine (C=N–C) groups is 1. The number of ether oxygens (including phenoxy) is 1. The lowest BCUT2D eigenvalue weighted by atomic mass is 10.00. The standard InChI is InChI=1S/C18H25F2N5O2/c1-4-21-17(23-12-18(2,26)14-10-24-25(3)11-14)22-9-13-7-5-6-8-15(13)27-16(19)20/h5-8,10-11,16,26H,4,9,12H2,1-3H3,(H2,21,22,23). The lowest BCUT2D eigenvalue weighted by Gasteiger charge is -2.23. The van der Waals surface area contributed by atoms with E-state index in [1.165, 1.54) is 6.07 Å². The molecule has 1 heterocycles. The van der Waals surface area contributed by atoms with E-state index in [2.05, 4.69) is 25.5 Å². The van der Waals surface area contributed by atoms with Gasteiger partial charge in [0.05, 0.1) is 19.3 Å². The molecule has 0 saturated heterocycles. The number of aliphatic hydroxyl groups is 1. The molecule has 0 radical (unpaired) electrons. The Balaban J connectivity index is 2.06. The molecule has 1 aromatic heterocycles. The molecule has 148 valence electrons. The van der Waals surface area contributed by atoms with E-state index in [0.29, 0.717) is 23.6 Å². The number of guanidine groups is 1. The molecule has 9 heteroatoms. The molecule has 2 aromatic rings. The fourth-order valence-corrected chi connectivity index (χ4v) is 2.41. The molecule has 1 atom stereocenters. The Morgan fingerprint density at radius 3 is 2.74 bits per heavy atom. The summed E-state index contributed by atoms with van der Waals surface area (Å²) in [7, 11) is 1.78. The SMILES string of the molecule is CCNC(=NCc1ccccc1OC(F)F)NCC(C)(O)c1cnn(C)c1. The molecule has 0 fully saturated rings. The lowest BCUT2D eigenvalue weighted by Crippen LogP contribution is -2.44. The topological polar surface area (TPSA) is 83.7 Å². The summed E-state index contributed by atoms with van der Waals surface area (Å²) in [5, 5.41) is 20.8. The van der Waals surface area contributed by atoms with Crippen LogP contribution in [-0.4, -0.2) is 40.5 Å². The van der Waals surface area contributed by atoms with Gasteiger partial charge in [0, 0.05) is 30.9 Å². The van der Waals surface area contributed by atoms with Gasteiger partial charge in [-0.1, -0.05) is 18.2 Å². The Bertz CT molecular complexity index is 762. The Labute approximate surface area is 157 Å². The molecule has 3 N–H and O–H groups in total. The normalized spacial score (nSPS) is 14.1. The molecule has 0 saturated carbocycles. The average molecular weight is 381 g/mol. The van der Waals surface area contributed by atoms with E-state index in [1.807, 2.05) is 6.92 Å². The Kier molecular flexibility index (Phi) is 7.12. The summed E-state index contributed by atoms with van der Waals surface area (Å²) in [5.74, 6) is 0.544. The van der Waals surface area contributed by atoms with Crippen LogP contribution in [0.15, 0.2) is 41.7 Å². The van der Waals surface area contributed by atoms with Crippen molar-refractivity contribution in [1.82, 2.24) is 20.4 Å². The van der Waals surface area contributed by atoms with Gasteiger partial charge in [-0.05, 0) is 19.9 Å². The van der Waals surface area contributed by atoms with Crippen molar-refractivity contribution in [1.29, 1.82) is 0 Å². The average Bonchev–Trinajstić information content (AvgIpc) is 3.05. The number of benzene rings is 1. The molecule has 27 heavy (non-hydrogen) atoms. The number of para-hydroxylation sites is 1. The van der Waals surface area contributed by atoms with Crippen LogP contribution < -0.4 is 15.4 Å². The maximum atomic E-state index is 12.5. The zero-order valence-corrected chi connectivity index (χ0v) is 15.6. The fourth-order valence-electron chi connectivity index (χ4n) is 2.41. The van der Waals surface area contributed by atoms with Gasteiger partial charge in [0.15, 0.2) is 5.96 Å². The fraction of sp³-hybridized carbons (Fsp3) is 0.444. The summed E-state index contributed by atoms with van der Waals surface area (Å²) in [6, 6.07) is 6.51. The zero-order valence-electron chi connectivity index (χ0n) is 15.6. The molecule has 2 rings (SSSR count). The minimum absolute atomic E-state index is 0.0921. The van der Waals surface area contributed by atoms with E-state index in [0.717, 1.165) is 0 Å². The Morgan fingerprint density at radius 1 is 1.37 bits per heavy atom. The van der Waals surface area contributed by atoms with Gasteiger partial charge in [0.1, 0.15) is 11.4 Å². The van der Waals surface area contributed by atoms with E-state index >= 15 is 0 Å². The van der Waals surface area contributed by atoms with Gasteiger partial charge in [0.2, 0.25) is 0 Å². The van der Waals surface area contributed by atoms with Crippen LogP contribution in [0.1, 0.15) is 25.0 Å². The van der Waals surface area contributed by atoms with Gasteiger partial charge in [-0.2, -0.15) is 13.9 Å². The van der Waals surface area contributed by atoms with Crippen molar-refractivity contribution in [3.8, 4) is 5.75 Å². The van der Waals surface area contributed by atoms with E-state index < -0.39 is 12.2 Å². The summed E-state index contributed by atoms with van der Waals surface area (Å²) in [5.41, 5.74) is 0.0549. The third-order valence-corrected chi connectivity index (χ3v) is 3.87. The van der Waals surface area contributed by atoms with Crippen LogP contribution in [0.4, 0.5) is 8.78 Å². The summed E-state index contributed by atoms with van der Waals surface area (Å²) < 4.78 is 31.2. The van der Waals surface area contributed by atoms with Crippen molar-refractivity contribution < 1.29 is 18.6 Å². The first-order chi connectivity index (χ1) is 12.8. The lowest BCUT2D eigenvalue weighted by molar-refractivity contribution is -0.0504. The van der Waals surface area contributed by atoms with Crippen molar-refractivity contribution in [2.24, 2.45) is 12.0 Å². The third kappa shape index (κ3) is 6.21. The second kappa shape index (κ2) is 9.31. The summed E-state index contributed by atoms with van der Waals surface area (Å²) in [4.78, 5) is 4.39. The van der Waals surface area contributed by atoms with Crippen LogP contribution in [0.2, 0.25) is 0 Å². The van der Waals surface area contributed by atoms with Crippen molar-refractivity contribution in [2.45, 2.75) is 32.6 Å². The van der Waals surface area contributed by atoms with Crippen molar-refractivity contribution >= 4 is 5.96 Å². The van der Waals surface area contributed by atoms with Gasteiger partial charge in [-0.15, -0.1) is 0 Å². The van der Waals surface area contributed by atoms with Crippen LogP contribution >= 0.6 is 0 Å². The molecule has 7 nitrogen and oxygen atoms in total. The monoisotopic (exact) mass is 381 g/mol. The quantitative estimate of drug-likeness (QED) is 0.481. The number of nitrogens with one attached hydrogen (secondary N) is 2. The van der Waals surface area contributed by atoms with Crippen LogP contribution in [0.3, 0.4) is 0 Å². The van der Waals surface area contributed by atoms with Crippen molar-refractivity contribution in [3.63, 3.8) is 0 Å².